The van der Waals surface area contributed by atoms with Gasteiger partial charge in [-0.3, -0.25) is 0 Å². The van der Waals surface area contributed by atoms with Crippen molar-refractivity contribution in [3.8, 4) is 0 Å². The van der Waals surface area contributed by atoms with E-state index in [0.29, 0.717) is 12.5 Å². The Morgan fingerprint density at radius 3 is 2.79 bits per heavy atom. The number of amides is 2. The van der Waals surface area contributed by atoms with Gasteiger partial charge in [0.05, 0.1) is 5.60 Å². The number of hydrogen-bond acceptors (Lipinski definition) is 3. The number of carbonyl (C=O) groups is 1. The van der Waals surface area contributed by atoms with Gasteiger partial charge in [0.1, 0.15) is 0 Å². The predicted molar refractivity (Wildman–Crippen MR) is 79.5 cm³/mol. The fraction of sp³-hybridized carbons (Fsp3) is 0.929. The molecule has 0 aromatic heterocycles. The van der Waals surface area contributed by atoms with E-state index in [2.05, 4.69) is 17.6 Å². The number of thioether (sulfide) groups is 1. The molecule has 2 aliphatic rings. The fourth-order valence-electron chi connectivity index (χ4n) is 2.99. The third-order valence-corrected chi connectivity index (χ3v) is 5.61. The average Bonchev–Trinajstić information content (AvgIpc) is 2.85. The summed E-state index contributed by atoms with van der Waals surface area (Å²) in [6, 6.07) is 0.0938. The summed E-state index contributed by atoms with van der Waals surface area (Å²) in [6.45, 7) is 2.46. The molecule has 0 radical (unpaired) electrons. The summed E-state index contributed by atoms with van der Waals surface area (Å²) in [6.07, 6.45) is 7.13. The van der Waals surface area contributed by atoms with Crippen molar-refractivity contribution < 1.29 is 9.90 Å². The molecule has 4 nitrogen and oxygen atoms in total. The largest absolute Gasteiger partial charge is 0.387 e. The highest BCUT2D eigenvalue weighted by Gasteiger charge is 2.32. The van der Waals surface area contributed by atoms with Crippen molar-refractivity contribution >= 4 is 17.8 Å². The van der Waals surface area contributed by atoms with Gasteiger partial charge in [0.25, 0.3) is 0 Å². The Labute approximate surface area is 120 Å². The van der Waals surface area contributed by atoms with E-state index in [0.717, 1.165) is 17.9 Å². The second-order valence-corrected chi connectivity index (χ2v) is 7.15. The molecule has 0 bridgehead atoms. The molecule has 110 valence electrons. The summed E-state index contributed by atoms with van der Waals surface area (Å²) in [5.41, 5.74) is -0.698. The maximum absolute atomic E-state index is 11.9. The summed E-state index contributed by atoms with van der Waals surface area (Å²) in [4.78, 5) is 11.9. The monoisotopic (exact) mass is 286 g/mol. The van der Waals surface area contributed by atoms with E-state index >= 15 is 0 Å². The Kier molecular flexibility index (Phi) is 5.39. The van der Waals surface area contributed by atoms with Crippen LogP contribution in [-0.4, -0.2) is 40.8 Å². The van der Waals surface area contributed by atoms with Crippen molar-refractivity contribution in [1.29, 1.82) is 0 Å². The van der Waals surface area contributed by atoms with Crippen LogP contribution in [0.1, 0.15) is 45.4 Å². The normalized spacial score (nSPS) is 30.0. The molecule has 1 aliphatic carbocycles. The molecule has 2 fully saturated rings. The number of aliphatic hydroxyl groups is 1. The van der Waals surface area contributed by atoms with Crippen LogP contribution in [-0.2, 0) is 0 Å². The van der Waals surface area contributed by atoms with Crippen molar-refractivity contribution in [3.05, 3.63) is 0 Å². The third-order valence-electron chi connectivity index (χ3n) is 4.38. The van der Waals surface area contributed by atoms with Crippen LogP contribution in [0, 0.1) is 5.92 Å². The molecular formula is C14H26N2O2S. The van der Waals surface area contributed by atoms with Gasteiger partial charge in [0, 0.05) is 18.3 Å². The zero-order valence-electron chi connectivity index (χ0n) is 11.8. The summed E-state index contributed by atoms with van der Waals surface area (Å²) in [5.74, 6) is 2.33. The van der Waals surface area contributed by atoms with Gasteiger partial charge in [0.2, 0.25) is 0 Å². The number of nitrogens with one attached hydrogen (secondary N) is 2. The van der Waals surface area contributed by atoms with E-state index in [-0.39, 0.29) is 12.1 Å². The molecule has 2 amide bonds. The summed E-state index contributed by atoms with van der Waals surface area (Å²) in [5, 5.41) is 16.0. The van der Waals surface area contributed by atoms with Crippen LogP contribution >= 0.6 is 11.8 Å². The molecular weight excluding hydrogens is 260 g/mol. The van der Waals surface area contributed by atoms with Crippen molar-refractivity contribution in [2.45, 2.75) is 57.1 Å². The second kappa shape index (κ2) is 6.84. The first-order valence-electron chi connectivity index (χ1n) is 7.44. The van der Waals surface area contributed by atoms with Crippen LogP contribution in [0.2, 0.25) is 0 Å². The molecule has 2 atom stereocenters. The summed E-state index contributed by atoms with van der Waals surface area (Å²) >= 11 is 1.75. The summed E-state index contributed by atoms with van der Waals surface area (Å²) < 4.78 is 0. The maximum Gasteiger partial charge on any atom is 0.315 e. The van der Waals surface area contributed by atoms with Crippen molar-refractivity contribution in [3.63, 3.8) is 0 Å². The SMILES string of the molecule is CC(NC(=O)NCC1(O)CCSC1)C1CCCCC1. The van der Waals surface area contributed by atoms with Gasteiger partial charge in [-0.05, 0) is 37.9 Å². The topological polar surface area (TPSA) is 61.4 Å². The lowest BCUT2D eigenvalue weighted by molar-refractivity contribution is 0.0697. The molecule has 19 heavy (non-hydrogen) atoms. The number of carbonyl (C=O) groups excluding carboxylic acids is 1. The Hall–Kier alpha value is -0.420. The Bertz CT molecular complexity index is 300. The Morgan fingerprint density at radius 2 is 2.16 bits per heavy atom. The smallest absolute Gasteiger partial charge is 0.315 e. The molecule has 0 spiro atoms. The van der Waals surface area contributed by atoms with Crippen molar-refractivity contribution in [1.82, 2.24) is 10.6 Å². The molecule has 2 rings (SSSR count). The molecule has 1 heterocycles. The van der Waals surface area contributed by atoms with Crippen LogP contribution in [0.25, 0.3) is 0 Å². The highest BCUT2D eigenvalue weighted by Crippen LogP contribution is 2.27. The predicted octanol–water partition coefficient (Wildman–Crippen LogP) is 2.12. The van der Waals surface area contributed by atoms with Crippen LogP contribution in [0.5, 0.6) is 0 Å². The van der Waals surface area contributed by atoms with Crippen molar-refractivity contribution in [2.24, 2.45) is 5.92 Å². The van der Waals surface area contributed by atoms with Crippen molar-refractivity contribution in [2.75, 3.05) is 18.1 Å². The Balaban J connectivity index is 1.68. The molecule has 0 aromatic rings. The molecule has 1 saturated heterocycles. The van der Waals surface area contributed by atoms with E-state index in [1.165, 1.54) is 32.1 Å². The standard InChI is InChI=1S/C14H26N2O2S/c1-11(12-5-3-2-4-6-12)16-13(17)15-9-14(18)7-8-19-10-14/h11-12,18H,2-10H2,1H3,(H2,15,16,17). The Morgan fingerprint density at radius 1 is 1.42 bits per heavy atom. The highest BCUT2D eigenvalue weighted by molar-refractivity contribution is 7.99. The quantitative estimate of drug-likeness (QED) is 0.742. The van der Waals surface area contributed by atoms with Gasteiger partial charge in [-0.2, -0.15) is 11.8 Å². The van der Waals surface area contributed by atoms with E-state index in [4.69, 9.17) is 0 Å². The molecule has 1 aliphatic heterocycles. The van der Waals surface area contributed by atoms with E-state index < -0.39 is 5.60 Å². The molecule has 2 unspecified atom stereocenters. The lowest BCUT2D eigenvalue weighted by Crippen LogP contribution is -2.49. The number of hydrogen-bond donors (Lipinski definition) is 3. The average molecular weight is 286 g/mol. The first-order chi connectivity index (χ1) is 9.09. The minimum atomic E-state index is -0.698. The maximum atomic E-state index is 11.9. The van der Waals surface area contributed by atoms with Gasteiger partial charge >= 0.3 is 6.03 Å². The summed E-state index contributed by atoms with van der Waals surface area (Å²) in [7, 11) is 0. The molecule has 1 saturated carbocycles. The number of rotatable bonds is 4. The third kappa shape index (κ3) is 4.56. The number of urea groups is 1. The van der Waals surface area contributed by atoms with Gasteiger partial charge in [0.15, 0.2) is 0 Å². The first-order valence-corrected chi connectivity index (χ1v) is 8.59. The molecule has 5 heteroatoms. The lowest BCUT2D eigenvalue weighted by atomic mass is 9.85. The van der Waals surface area contributed by atoms with E-state index in [1.54, 1.807) is 11.8 Å². The van der Waals surface area contributed by atoms with Gasteiger partial charge < -0.3 is 15.7 Å². The van der Waals surface area contributed by atoms with Crippen LogP contribution < -0.4 is 10.6 Å². The highest BCUT2D eigenvalue weighted by atomic mass is 32.2. The van der Waals surface area contributed by atoms with Gasteiger partial charge in [-0.1, -0.05) is 19.3 Å². The van der Waals surface area contributed by atoms with Crippen LogP contribution in [0.4, 0.5) is 4.79 Å². The second-order valence-electron chi connectivity index (χ2n) is 6.04. The van der Waals surface area contributed by atoms with Gasteiger partial charge in [-0.15, -0.1) is 0 Å². The zero-order chi connectivity index (χ0) is 13.7. The van der Waals surface area contributed by atoms with Crippen LogP contribution in [0.3, 0.4) is 0 Å². The van der Waals surface area contributed by atoms with Crippen LogP contribution in [0.15, 0.2) is 0 Å². The van der Waals surface area contributed by atoms with Gasteiger partial charge in [-0.25, -0.2) is 4.79 Å². The molecule has 0 aromatic carbocycles. The minimum Gasteiger partial charge on any atom is -0.387 e. The fourth-order valence-corrected chi connectivity index (χ4v) is 4.29. The molecule has 3 N–H and O–H groups in total. The van der Waals surface area contributed by atoms with E-state index in [1.807, 2.05) is 0 Å². The first kappa shape index (κ1) is 15.0. The minimum absolute atomic E-state index is 0.136. The zero-order valence-corrected chi connectivity index (χ0v) is 12.6. The van der Waals surface area contributed by atoms with E-state index in [9.17, 15) is 9.90 Å². The lowest BCUT2D eigenvalue weighted by Gasteiger charge is -2.29.